The molecule has 3 unspecified atom stereocenters. The van der Waals surface area contributed by atoms with Crippen molar-refractivity contribution in [2.45, 2.75) is 39.1 Å². The van der Waals surface area contributed by atoms with Crippen LogP contribution in [0, 0.1) is 27.3 Å². The molecule has 3 aliphatic heterocycles. The number of nitrogens with one attached hydrogen (secondary N) is 1. The number of nitrogens with two attached hydrogens (primary N) is 1. The number of aryl methyl sites for hydroxylation is 2. The average Bonchev–Trinajstić information content (AvgIpc) is 3.86. The molecule has 3 N–H and O–H groups in total. The first kappa shape index (κ1) is 51.3. The molecule has 0 saturated carbocycles. The summed E-state index contributed by atoms with van der Waals surface area (Å²) in [6.45, 7) is 16.7. The van der Waals surface area contributed by atoms with Gasteiger partial charge in [-0.05, 0) is 92.1 Å². The van der Waals surface area contributed by atoms with E-state index in [1.165, 1.54) is 33.0 Å². The van der Waals surface area contributed by atoms with Gasteiger partial charge in [-0.2, -0.15) is 4.67 Å². The molecule has 0 bridgehead atoms. The molecule has 0 amide bonds. The molecule has 0 spiro atoms. The van der Waals surface area contributed by atoms with Crippen molar-refractivity contribution in [2.75, 3.05) is 50.3 Å². The van der Waals surface area contributed by atoms with Gasteiger partial charge in [-0.25, -0.2) is 0 Å². The van der Waals surface area contributed by atoms with Gasteiger partial charge in [0.1, 0.15) is 18.7 Å². The van der Waals surface area contributed by atoms with Gasteiger partial charge < -0.3 is 25.8 Å². The molecule has 340 valence electrons. The van der Waals surface area contributed by atoms with Crippen LogP contribution in [0.4, 0.5) is 11.4 Å². The molecule has 6 aromatic carbocycles. The molecule has 3 atom stereocenters. The Balaban J connectivity index is 0.000000179. The van der Waals surface area contributed by atoms with Gasteiger partial charge in [-0.1, -0.05) is 177 Å². The SMILES string of the molecule is C=C/C=C/c1ccccc1.Cc1ccccc1N.Cc1ccccc1NC(C)/C=C/c1ccccc1.[CH2-]N1CCN2CCN3CCN([PH+](c4ccccc4)c4ccccc4)C3[CH-]C12.[Cl][Rh+2]. The van der Waals surface area contributed by atoms with Crippen molar-refractivity contribution in [2.24, 2.45) is 0 Å². The molecule has 3 aliphatic rings. The number of nitrogen functional groups attached to an aromatic ring is 1. The molecule has 3 heterocycles. The van der Waals surface area contributed by atoms with E-state index in [1.54, 1.807) is 6.08 Å². The summed E-state index contributed by atoms with van der Waals surface area (Å²) in [7, 11) is 7.82. The molecule has 9 rings (SSSR count). The zero-order valence-electron chi connectivity index (χ0n) is 38.1. The third kappa shape index (κ3) is 16.3. The summed E-state index contributed by atoms with van der Waals surface area (Å²) in [5, 5.41) is 6.44. The summed E-state index contributed by atoms with van der Waals surface area (Å²) in [6.07, 6.45) is 13.4. The van der Waals surface area contributed by atoms with Crippen LogP contribution in [0.15, 0.2) is 195 Å². The summed E-state index contributed by atoms with van der Waals surface area (Å²) in [4.78, 5) is 7.51. The van der Waals surface area contributed by atoms with Crippen molar-refractivity contribution in [1.82, 2.24) is 19.4 Å². The molecule has 0 aliphatic carbocycles. The normalized spacial score (nSPS) is 17.7. The molecule has 9 heteroatoms. The van der Waals surface area contributed by atoms with Gasteiger partial charge in [0.25, 0.3) is 0 Å². The van der Waals surface area contributed by atoms with Gasteiger partial charge in [0.15, 0.2) is 0 Å². The van der Waals surface area contributed by atoms with Crippen LogP contribution >= 0.6 is 17.8 Å². The van der Waals surface area contributed by atoms with Crippen LogP contribution in [0.3, 0.4) is 0 Å². The fourth-order valence-electron chi connectivity index (χ4n) is 7.93. The van der Waals surface area contributed by atoms with Crippen molar-refractivity contribution < 1.29 is 17.3 Å². The van der Waals surface area contributed by atoms with Crippen LogP contribution in [0.25, 0.3) is 12.2 Å². The quantitative estimate of drug-likeness (QED) is 0.0495. The van der Waals surface area contributed by atoms with Crippen molar-refractivity contribution >= 4 is 51.9 Å². The third-order valence-electron chi connectivity index (χ3n) is 11.5. The molecular formula is C56H66ClN6PRh+. The molecule has 6 nitrogen and oxygen atoms in total. The molecule has 3 saturated heterocycles. The average molecular weight is 993 g/mol. The van der Waals surface area contributed by atoms with E-state index >= 15 is 0 Å². The zero-order valence-corrected chi connectivity index (χ0v) is 41.5. The number of benzene rings is 6. The number of anilines is 2. The number of para-hydroxylation sites is 2. The Kier molecular flexibility index (Phi) is 22.4. The fourth-order valence-corrected chi connectivity index (χ4v) is 10.8. The number of hydrogen-bond acceptors (Lipinski definition) is 6. The number of allylic oxidation sites excluding steroid dienone is 2. The zero-order chi connectivity index (χ0) is 46.2. The summed E-state index contributed by atoms with van der Waals surface area (Å²) >= 11 is 2.02. The van der Waals surface area contributed by atoms with Gasteiger partial charge in [-0.15, -0.1) is 0 Å². The Morgan fingerprint density at radius 1 is 0.646 bits per heavy atom. The number of nitrogens with zero attached hydrogens (tertiary/aromatic N) is 4. The minimum atomic E-state index is -1.00. The van der Waals surface area contributed by atoms with Crippen LogP contribution < -0.4 is 21.7 Å². The van der Waals surface area contributed by atoms with Gasteiger partial charge >= 0.3 is 27.0 Å². The standard InChI is InChI=1S/C22H27N4P.C17H19N.C10H10.C7H9N.ClH.Rh/c1-23-12-13-24-14-15-25-16-17-26(22(25)18-21(23)24)27(19-8-4-2-5-9-19)20-10-6-3-7-11-20;1-14-8-6-7-11-17(14)18-15(2)12-13-16-9-4-3-5-10-16;1-2-3-7-10-8-5-4-6-9-10;1-6-4-2-3-5-7(6)8;;/h2-11,18,21-22H,1,12-17H2;3-13,15,18H,1-2H3;2-9H,1H2;2-5H,8H2,1H3;1H;/q-2;;;;;+3/b;13-12+;7-3+;;;. The fraction of sp³-hybridized carbons (Fsp3) is 0.214. The van der Waals surface area contributed by atoms with Crippen LogP contribution in [-0.2, 0) is 17.3 Å². The monoisotopic (exact) mass is 991 g/mol. The van der Waals surface area contributed by atoms with Crippen LogP contribution in [0.5, 0.6) is 0 Å². The second-order valence-electron chi connectivity index (χ2n) is 16.1. The van der Waals surface area contributed by atoms with Crippen LogP contribution in [-0.4, -0.2) is 77.0 Å². The maximum absolute atomic E-state index is 5.52. The Morgan fingerprint density at radius 2 is 1.11 bits per heavy atom. The Morgan fingerprint density at radius 3 is 1.63 bits per heavy atom. The molecular weight excluding hydrogens is 926 g/mol. The predicted octanol–water partition coefficient (Wildman–Crippen LogP) is 11.3. The molecule has 6 aromatic rings. The Hall–Kier alpha value is -4.68. The first-order valence-electron chi connectivity index (χ1n) is 22.3. The van der Waals surface area contributed by atoms with Crippen molar-refractivity contribution in [3.63, 3.8) is 0 Å². The summed E-state index contributed by atoms with van der Waals surface area (Å²) in [6, 6.07) is 59.2. The molecule has 0 aromatic heterocycles. The van der Waals surface area contributed by atoms with E-state index in [0.717, 1.165) is 50.5 Å². The number of hydrogen-bond donors (Lipinski definition) is 2. The van der Waals surface area contributed by atoms with Crippen LogP contribution in [0.2, 0.25) is 0 Å². The molecule has 0 radical (unpaired) electrons. The van der Waals surface area contributed by atoms with Crippen LogP contribution in [0.1, 0.15) is 29.2 Å². The molecule has 3 fully saturated rings. The minimum absolute atomic E-state index is 0.311. The molecule has 65 heavy (non-hydrogen) atoms. The van der Waals surface area contributed by atoms with E-state index in [9.17, 15) is 0 Å². The first-order valence-corrected chi connectivity index (χ1v) is 25.8. The van der Waals surface area contributed by atoms with E-state index in [4.69, 9.17) is 5.73 Å². The third-order valence-corrected chi connectivity index (χ3v) is 14.3. The van der Waals surface area contributed by atoms with Gasteiger partial charge in [0.2, 0.25) is 0 Å². The number of rotatable bonds is 9. The number of fused-ring (bicyclic) bond motifs is 2. The summed E-state index contributed by atoms with van der Waals surface area (Å²) in [5.74, 6) is 0. The van der Waals surface area contributed by atoms with E-state index in [0.29, 0.717) is 18.4 Å². The summed E-state index contributed by atoms with van der Waals surface area (Å²) in [5.41, 5.74) is 12.4. The predicted molar refractivity (Wildman–Crippen MR) is 281 cm³/mol. The second-order valence-corrected chi connectivity index (χ2v) is 18.5. The van der Waals surface area contributed by atoms with E-state index in [1.807, 2.05) is 84.9 Å². The van der Waals surface area contributed by atoms with Crippen molar-refractivity contribution in [1.29, 1.82) is 0 Å². The first-order chi connectivity index (χ1) is 31.8. The van der Waals surface area contributed by atoms with E-state index in [2.05, 4.69) is 202 Å². The van der Waals surface area contributed by atoms with Gasteiger partial charge in [-0.3, -0.25) is 13.5 Å². The summed E-state index contributed by atoms with van der Waals surface area (Å²) < 4.78 is 2.78. The van der Waals surface area contributed by atoms with E-state index in [-0.39, 0.29) is 0 Å². The second kappa shape index (κ2) is 28.4. The van der Waals surface area contributed by atoms with Gasteiger partial charge in [0, 0.05) is 50.1 Å². The van der Waals surface area contributed by atoms with E-state index < -0.39 is 8.07 Å². The Labute approximate surface area is 406 Å². The van der Waals surface area contributed by atoms with Crippen molar-refractivity contribution in [3.8, 4) is 0 Å². The maximum atomic E-state index is 5.52. The topological polar surface area (TPSA) is 51.0 Å². The Bertz CT molecular complexity index is 2240. The van der Waals surface area contributed by atoms with Gasteiger partial charge in [0.05, 0.1) is 0 Å². The number of halogens is 1. The van der Waals surface area contributed by atoms with Crippen molar-refractivity contribution in [3.05, 3.63) is 230 Å².